The zero-order valence-electron chi connectivity index (χ0n) is 14.5. The molecule has 25 heavy (non-hydrogen) atoms. The number of hydrogen-bond donors (Lipinski definition) is 1. The molecule has 130 valence electrons. The van der Waals surface area contributed by atoms with E-state index in [-0.39, 0.29) is 11.9 Å². The summed E-state index contributed by atoms with van der Waals surface area (Å²) in [5.74, 6) is 0.527. The summed E-state index contributed by atoms with van der Waals surface area (Å²) in [7, 11) is 0. The molecule has 0 unspecified atom stereocenters. The number of thiazole rings is 1. The Morgan fingerprint density at radius 3 is 2.68 bits per heavy atom. The number of aromatic nitrogens is 3. The van der Waals surface area contributed by atoms with Gasteiger partial charge in [0.25, 0.3) is 5.91 Å². The Labute approximate surface area is 151 Å². The lowest BCUT2D eigenvalue weighted by Gasteiger charge is -2.16. The molecule has 6 heteroatoms. The summed E-state index contributed by atoms with van der Waals surface area (Å²) in [6, 6.07) is 12.3. The van der Waals surface area contributed by atoms with Crippen molar-refractivity contribution in [2.24, 2.45) is 0 Å². The van der Waals surface area contributed by atoms with E-state index in [0.29, 0.717) is 5.69 Å². The van der Waals surface area contributed by atoms with Crippen LogP contribution in [0.2, 0.25) is 0 Å². The number of benzene rings is 1. The number of rotatable bonds is 7. The van der Waals surface area contributed by atoms with Crippen LogP contribution < -0.4 is 5.32 Å². The molecule has 1 N–H and O–H groups in total. The van der Waals surface area contributed by atoms with Gasteiger partial charge < -0.3 is 5.32 Å². The molecule has 0 saturated heterocycles. The number of nitrogens with one attached hydrogen (secondary N) is 1. The third-order valence-corrected chi connectivity index (χ3v) is 5.03. The normalized spacial score (nSPS) is 11.0. The van der Waals surface area contributed by atoms with Crippen LogP contribution in [0.3, 0.4) is 0 Å². The molecule has 0 radical (unpaired) electrons. The van der Waals surface area contributed by atoms with Crippen LogP contribution in [0.4, 0.5) is 5.82 Å². The Morgan fingerprint density at radius 1 is 1.20 bits per heavy atom. The maximum Gasteiger partial charge on any atom is 0.276 e. The molecule has 0 atom stereocenters. The van der Waals surface area contributed by atoms with E-state index in [2.05, 4.69) is 41.4 Å². The lowest BCUT2D eigenvalue weighted by molar-refractivity contribution is 0.102. The zero-order chi connectivity index (χ0) is 17.6. The van der Waals surface area contributed by atoms with Gasteiger partial charge in [-0.1, -0.05) is 44.2 Å². The molecule has 3 aromatic rings. The summed E-state index contributed by atoms with van der Waals surface area (Å²) in [6.45, 7) is 4.25. The van der Waals surface area contributed by atoms with Crippen LogP contribution in [-0.2, 0) is 6.42 Å². The van der Waals surface area contributed by atoms with Gasteiger partial charge in [-0.25, -0.2) is 9.67 Å². The molecule has 2 aromatic heterocycles. The fraction of sp³-hybridized carbons (Fsp3) is 0.316. The summed E-state index contributed by atoms with van der Waals surface area (Å²) in [4.78, 5) is 17.0. The monoisotopic (exact) mass is 354 g/mol. The molecule has 2 heterocycles. The lowest BCUT2D eigenvalue weighted by Crippen LogP contribution is -2.18. The zero-order valence-corrected chi connectivity index (χ0v) is 15.3. The smallest absolute Gasteiger partial charge is 0.276 e. The summed E-state index contributed by atoms with van der Waals surface area (Å²) >= 11 is 1.51. The first-order valence-electron chi connectivity index (χ1n) is 8.54. The van der Waals surface area contributed by atoms with Crippen molar-refractivity contribution >= 4 is 23.1 Å². The predicted octanol–water partition coefficient (Wildman–Crippen LogP) is 4.54. The molecule has 1 amide bonds. The van der Waals surface area contributed by atoms with Gasteiger partial charge in [-0.3, -0.25) is 4.79 Å². The maximum atomic E-state index is 12.5. The first kappa shape index (κ1) is 17.4. The predicted molar refractivity (Wildman–Crippen MR) is 101 cm³/mol. The topological polar surface area (TPSA) is 59.8 Å². The second-order valence-corrected chi connectivity index (χ2v) is 6.82. The quantitative estimate of drug-likeness (QED) is 0.677. The van der Waals surface area contributed by atoms with Crippen molar-refractivity contribution in [3.63, 3.8) is 0 Å². The number of nitrogens with zero attached hydrogens (tertiary/aromatic N) is 3. The molecule has 5 nitrogen and oxygen atoms in total. The summed E-state index contributed by atoms with van der Waals surface area (Å²) in [6.07, 6.45) is 4.40. The Balaban J connectivity index is 1.70. The van der Waals surface area contributed by atoms with Gasteiger partial charge in [0, 0.05) is 17.9 Å². The fourth-order valence-electron chi connectivity index (χ4n) is 2.79. The minimum absolute atomic E-state index is 0.191. The highest BCUT2D eigenvalue weighted by atomic mass is 32.1. The van der Waals surface area contributed by atoms with E-state index in [1.54, 1.807) is 6.20 Å². The second kappa shape index (κ2) is 8.07. The number of anilines is 1. The van der Waals surface area contributed by atoms with E-state index in [4.69, 9.17) is 0 Å². The van der Waals surface area contributed by atoms with Crippen LogP contribution in [0.15, 0.2) is 48.0 Å². The summed E-state index contributed by atoms with van der Waals surface area (Å²) in [5, 5.41) is 10.0. The molecular weight excluding hydrogens is 332 g/mol. The highest BCUT2D eigenvalue weighted by molar-refractivity contribution is 7.09. The molecule has 0 aliphatic heterocycles. The van der Waals surface area contributed by atoms with E-state index in [9.17, 15) is 4.79 Å². The number of amides is 1. The average Bonchev–Trinajstić information content (AvgIpc) is 3.27. The number of hydrogen-bond acceptors (Lipinski definition) is 4. The summed E-state index contributed by atoms with van der Waals surface area (Å²) < 4.78 is 1.88. The lowest BCUT2D eigenvalue weighted by atomic mass is 10.2. The van der Waals surface area contributed by atoms with Crippen LogP contribution in [0.5, 0.6) is 0 Å². The third kappa shape index (κ3) is 4.14. The van der Waals surface area contributed by atoms with Gasteiger partial charge >= 0.3 is 0 Å². The van der Waals surface area contributed by atoms with Crippen molar-refractivity contribution in [3.8, 4) is 0 Å². The van der Waals surface area contributed by atoms with Gasteiger partial charge in [0.15, 0.2) is 0 Å². The highest BCUT2D eigenvalue weighted by Gasteiger charge is 2.16. The van der Waals surface area contributed by atoms with Crippen molar-refractivity contribution in [1.29, 1.82) is 0 Å². The molecule has 0 spiro atoms. The fourth-order valence-corrected chi connectivity index (χ4v) is 3.59. The van der Waals surface area contributed by atoms with Crippen molar-refractivity contribution in [2.75, 3.05) is 5.32 Å². The Bertz CT molecular complexity index is 821. The molecule has 0 aliphatic rings. The average molecular weight is 354 g/mol. The van der Waals surface area contributed by atoms with E-state index >= 15 is 0 Å². The minimum Gasteiger partial charge on any atom is -0.305 e. The van der Waals surface area contributed by atoms with Crippen LogP contribution in [0, 0.1) is 0 Å². The van der Waals surface area contributed by atoms with Crippen LogP contribution in [0.25, 0.3) is 0 Å². The van der Waals surface area contributed by atoms with Gasteiger partial charge in [0.1, 0.15) is 11.5 Å². The molecule has 3 rings (SSSR count). The molecule has 1 aromatic carbocycles. The van der Waals surface area contributed by atoms with Crippen LogP contribution in [0.1, 0.15) is 53.8 Å². The van der Waals surface area contributed by atoms with Gasteiger partial charge in [0.05, 0.1) is 17.2 Å². The Kier molecular flexibility index (Phi) is 5.60. The van der Waals surface area contributed by atoms with E-state index in [0.717, 1.165) is 30.1 Å². The molecule has 0 bridgehead atoms. The van der Waals surface area contributed by atoms with Crippen LogP contribution in [-0.4, -0.2) is 20.7 Å². The first-order valence-corrected chi connectivity index (χ1v) is 9.42. The van der Waals surface area contributed by atoms with Gasteiger partial charge in [-0.05, 0) is 18.4 Å². The number of carbonyl (C=O) groups excluding carboxylic acids is 1. The molecule has 0 saturated carbocycles. The molecule has 0 fully saturated rings. The SMILES string of the molecule is CCC(CC)n1nccc1NC(=O)c1csc(Cc2ccccc2)n1. The van der Waals surface area contributed by atoms with E-state index in [1.165, 1.54) is 16.9 Å². The minimum atomic E-state index is -0.191. The van der Waals surface area contributed by atoms with Crippen molar-refractivity contribution in [1.82, 2.24) is 14.8 Å². The second-order valence-electron chi connectivity index (χ2n) is 5.87. The van der Waals surface area contributed by atoms with E-state index < -0.39 is 0 Å². The summed E-state index contributed by atoms with van der Waals surface area (Å²) in [5.41, 5.74) is 1.64. The van der Waals surface area contributed by atoms with Gasteiger partial charge in [-0.2, -0.15) is 5.10 Å². The van der Waals surface area contributed by atoms with Crippen molar-refractivity contribution in [3.05, 3.63) is 64.2 Å². The largest absolute Gasteiger partial charge is 0.305 e. The van der Waals surface area contributed by atoms with Crippen molar-refractivity contribution < 1.29 is 4.79 Å². The third-order valence-electron chi connectivity index (χ3n) is 4.18. The molecule has 0 aliphatic carbocycles. The van der Waals surface area contributed by atoms with Gasteiger partial charge in [-0.15, -0.1) is 11.3 Å². The Hall–Kier alpha value is -2.47. The first-order chi connectivity index (χ1) is 12.2. The van der Waals surface area contributed by atoms with Crippen LogP contribution >= 0.6 is 11.3 Å². The van der Waals surface area contributed by atoms with E-state index in [1.807, 2.05) is 34.3 Å². The Morgan fingerprint density at radius 2 is 1.96 bits per heavy atom. The highest BCUT2D eigenvalue weighted by Crippen LogP contribution is 2.21. The number of carbonyl (C=O) groups is 1. The van der Waals surface area contributed by atoms with Crippen molar-refractivity contribution in [2.45, 2.75) is 39.2 Å². The maximum absolute atomic E-state index is 12.5. The standard InChI is InChI=1S/C19H22N4OS/c1-3-15(4-2)23-17(10-11-20-23)22-19(24)16-13-25-18(21-16)12-14-8-6-5-7-9-14/h5-11,13,15H,3-4,12H2,1-2H3,(H,22,24). The molecular formula is C19H22N4OS. The van der Waals surface area contributed by atoms with Gasteiger partial charge in [0.2, 0.25) is 0 Å².